The lowest BCUT2D eigenvalue weighted by atomic mass is 10.2. The number of rotatable bonds is 5. The van der Waals surface area contributed by atoms with Gasteiger partial charge in [-0.05, 0) is 36.8 Å². The number of fused-ring (bicyclic) bond motifs is 2. The van der Waals surface area contributed by atoms with Crippen LogP contribution in [0.15, 0.2) is 53.3 Å². The molecule has 0 bridgehead atoms. The number of aromatic amines is 1. The number of ether oxygens (including phenoxy) is 3. The van der Waals surface area contributed by atoms with Crippen molar-refractivity contribution in [3.05, 3.63) is 70.0 Å². The second-order valence-corrected chi connectivity index (χ2v) is 6.55. The van der Waals surface area contributed by atoms with Crippen molar-refractivity contribution in [1.29, 1.82) is 0 Å². The number of carbonyl (C=O) groups excluding carboxylic acids is 2. The first-order valence-electron chi connectivity index (χ1n) is 9.00. The van der Waals surface area contributed by atoms with E-state index in [1.165, 1.54) is 13.0 Å². The lowest BCUT2D eigenvalue weighted by Gasteiger charge is -2.14. The molecule has 0 saturated heterocycles. The Morgan fingerprint density at radius 3 is 2.79 bits per heavy atom. The first-order valence-corrected chi connectivity index (χ1v) is 9.00. The fourth-order valence-corrected chi connectivity index (χ4v) is 2.97. The van der Waals surface area contributed by atoms with Gasteiger partial charge in [-0.2, -0.15) is 0 Å². The second kappa shape index (κ2) is 7.67. The van der Waals surface area contributed by atoms with E-state index in [9.17, 15) is 14.4 Å². The van der Waals surface area contributed by atoms with Crippen LogP contribution in [0.1, 0.15) is 23.0 Å². The van der Waals surface area contributed by atoms with E-state index < -0.39 is 18.0 Å². The normalized spacial score (nSPS) is 13.1. The standard InChI is InChI=1S/C21H18N2O6/c1-12(20(25)22-10-13-6-7-18-19(8-13)28-11-27-18)29-21(26)16-9-17(24)14-4-2-3-5-15(14)23-16/h2-9,12H,10-11H2,1H3,(H,22,25)(H,23,24)/t12-/m0/s1. The Balaban J connectivity index is 1.38. The highest BCUT2D eigenvalue weighted by atomic mass is 16.7. The molecular weight excluding hydrogens is 376 g/mol. The highest BCUT2D eigenvalue weighted by Crippen LogP contribution is 2.32. The number of pyridine rings is 1. The number of nitrogens with one attached hydrogen (secondary N) is 2. The summed E-state index contributed by atoms with van der Waals surface area (Å²) in [6.07, 6.45) is -1.04. The smallest absolute Gasteiger partial charge is 0.355 e. The Morgan fingerprint density at radius 1 is 1.14 bits per heavy atom. The van der Waals surface area contributed by atoms with Crippen LogP contribution in [0, 0.1) is 0 Å². The molecule has 0 fully saturated rings. The van der Waals surface area contributed by atoms with Crippen LogP contribution in [0.5, 0.6) is 11.5 Å². The van der Waals surface area contributed by atoms with Crippen molar-refractivity contribution in [1.82, 2.24) is 10.3 Å². The minimum absolute atomic E-state index is 0.0101. The van der Waals surface area contributed by atoms with Gasteiger partial charge in [0.15, 0.2) is 23.0 Å². The molecule has 2 N–H and O–H groups in total. The van der Waals surface area contributed by atoms with E-state index in [4.69, 9.17) is 14.2 Å². The van der Waals surface area contributed by atoms with Gasteiger partial charge in [-0.25, -0.2) is 4.79 Å². The molecule has 0 spiro atoms. The third-order valence-electron chi connectivity index (χ3n) is 4.51. The Morgan fingerprint density at radius 2 is 1.93 bits per heavy atom. The van der Waals surface area contributed by atoms with E-state index >= 15 is 0 Å². The quantitative estimate of drug-likeness (QED) is 0.642. The van der Waals surface area contributed by atoms with Gasteiger partial charge in [0.25, 0.3) is 5.91 Å². The van der Waals surface area contributed by atoms with Crippen LogP contribution in [0.25, 0.3) is 10.9 Å². The molecule has 8 nitrogen and oxygen atoms in total. The molecule has 0 aliphatic carbocycles. The number of hydrogen-bond donors (Lipinski definition) is 2. The van der Waals surface area contributed by atoms with Crippen LogP contribution >= 0.6 is 0 Å². The number of carbonyl (C=O) groups is 2. The summed E-state index contributed by atoms with van der Waals surface area (Å²) in [7, 11) is 0. The van der Waals surface area contributed by atoms with Crippen molar-refractivity contribution >= 4 is 22.8 Å². The van der Waals surface area contributed by atoms with Gasteiger partial charge in [0.1, 0.15) is 5.69 Å². The third-order valence-corrected chi connectivity index (χ3v) is 4.51. The zero-order chi connectivity index (χ0) is 20.4. The zero-order valence-electron chi connectivity index (χ0n) is 15.6. The predicted octanol–water partition coefficient (Wildman–Crippen LogP) is 2.12. The Hall–Kier alpha value is -3.81. The monoisotopic (exact) mass is 394 g/mol. The maximum absolute atomic E-state index is 12.4. The van der Waals surface area contributed by atoms with E-state index in [1.54, 1.807) is 36.4 Å². The number of H-pyrrole nitrogens is 1. The predicted molar refractivity (Wildman–Crippen MR) is 104 cm³/mol. The largest absolute Gasteiger partial charge is 0.454 e. The molecule has 4 rings (SSSR count). The summed E-state index contributed by atoms with van der Waals surface area (Å²) in [4.78, 5) is 39.6. The minimum Gasteiger partial charge on any atom is -0.454 e. The summed E-state index contributed by atoms with van der Waals surface area (Å²) in [5, 5.41) is 3.17. The molecule has 2 heterocycles. The van der Waals surface area contributed by atoms with Crippen molar-refractivity contribution in [2.75, 3.05) is 6.79 Å². The zero-order valence-corrected chi connectivity index (χ0v) is 15.6. The topological polar surface area (TPSA) is 107 Å². The summed E-state index contributed by atoms with van der Waals surface area (Å²) >= 11 is 0. The summed E-state index contributed by atoms with van der Waals surface area (Å²) in [5.41, 5.74) is 1.03. The summed E-state index contributed by atoms with van der Waals surface area (Å²) in [6.45, 7) is 1.88. The molecule has 1 aromatic heterocycles. The van der Waals surface area contributed by atoms with Crippen LogP contribution in [0.4, 0.5) is 0 Å². The van der Waals surface area contributed by atoms with E-state index in [0.717, 1.165) is 5.56 Å². The van der Waals surface area contributed by atoms with Crippen LogP contribution in [0.2, 0.25) is 0 Å². The SMILES string of the molecule is C[C@H](OC(=O)c1cc(=O)c2ccccc2[nH]1)C(=O)NCc1ccc2c(c1)OCO2. The molecule has 0 unspecified atom stereocenters. The third kappa shape index (κ3) is 3.91. The molecule has 8 heteroatoms. The number of para-hydroxylation sites is 1. The molecule has 0 radical (unpaired) electrons. The Kier molecular flexibility index (Phi) is 4.90. The van der Waals surface area contributed by atoms with Gasteiger partial charge in [0.2, 0.25) is 6.79 Å². The summed E-state index contributed by atoms with van der Waals surface area (Å²) in [5.74, 6) is 0.0426. The first-order chi connectivity index (χ1) is 14.0. The van der Waals surface area contributed by atoms with Crippen LogP contribution in [-0.4, -0.2) is 29.8 Å². The number of hydrogen-bond acceptors (Lipinski definition) is 6. The van der Waals surface area contributed by atoms with Gasteiger partial charge in [0, 0.05) is 23.5 Å². The maximum atomic E-state index is 12.4. The molecule has 0 saturated carbocycles. The number of amides is 1. The molecular formula is C21H18N2O6. The molecule has 3 aromatic rings. The highest BCUT2D eigenvalue weighted by molar-refractivity contribution is 5.93. The number of benzene rings is 2. The van der Waals surface area contributed by atoms with Crippen molar-refractivity contribution < 1.29 is 23.8 Å². The molecule has 1 aliphatic rings. The van der Waals surface area contributed by atoms with Gasteiger partial charge in [0.05, 0.1) is 0 Å². The van der Waals surface area contributed by atoms with Crippen molar-refractivity contribution in [3.63, 3.8) is 0 Å². The summed E-state index contributed by atoms with van der Waals surface area (Å²) in [6, 6.07) is 13.4. The Labute approximate surface area is 165 Å². The molecule has 148 valence electrons. The fraction of sp³-hybridized carbons (Fsp3) is 0.190. The Bertz CT molecular complexity index is 1150. The van der Waals surface area contributed by atoms with Gasteiger partial charge in [-0.3, -0.25) is 9.59 Å². The van der Waals surface area contributed by atoms with Gasteiger partial charge >= 0.3 is 5.97 Å². The average Bonchev–Trinajstić information content (AvgIpc) is 3.19. The van der Waals surface area contributed by atoms with Crippen LogP contribution < -0.4 is 20.2 Å². The van der Waals surface area contributed by atoms with Gasteiger partial charge in [-0.1, -0.05) is 18.2 Å². The minimum atomic E-state index is -1.04. The van der Waals surface area contributed by atoms with E-state index in [-0.39, 0.29) is 24.5 Å². The average molecular weight is 394 g/mol. The molecule has 29 heavy (non-hydrogen) atoms. The fourth-order valence-electron chi connectivity index (χ4n) is 2.97. The van der Waals surface area contributed by atoms with Gasteiger partial charge < -0.3 is 24.5 Å². The van der Waals surface area contributed by atoms with Crippen molar-refractivity contribution in [3.8, 4) is 11.5 Å². The molecule has 1 amide bonds. The molecule has 1 atom stereocenters. The lowest BCUT2D eigenvalue weighted by molar-refractivity contribution is -0.129. The first kappa shape index (κ1) is 18.5. The summed E-state index contributed by atoms with van der Waals surface area (Å²) < 4.78 is 15.7. The maximum Gasteiger partial charge on any atom is 0.355 e. The molecule has 2 aromatic carbocycles. The van der Waals surface area contributed by atoms with E-state index in [0.29, 0.717) is 22.4 Å². The van der Waals surface area contributed by atoms with E-state index in [2.05, 4.69) is 10.3 Å². The van der Waals surface area contributed by atoms with Crippen LogP contribution in [0.3, 0.4) is 0 Å². The second-order valence-electron chi connectivity index (χ2n) is 6.55. The van der Waals surface area contributed by atoms with Crippen molar-refractivity contribution in [2.45, 2.75) is 19.6 Å². The highest BCUT2D eigenvalue weighted by Gasteiger charge is 2.20. The van der Waals surface area contributed by atoms with E-state index in [1.807, 2.05) is 6.07 Å². The van der Waals surface area contributed by atoms with Crippen LogP contribution in [-0.2, 0) is 16.1 Å². The number of esters is 1. The van der Waals surface area contributed by atoms with Gasteiger partial charge in [-0.15, -0.1) is 0 Å². The number of aromatic nitrogens is 1. The molecule has 1 aliphatic heterocycles. The lowest BCUT2D eigenvalue weighted by Crippen LogP contribution is -2.35. The van der Waals surface area contributed by atoms with Crippen molar-refractivity contribution in [2.24, 2.45) is 0 Å².